The first-order valence-corrected chi connectivity index (χ1v) is 29.9. The Balaban J connectivity index is 1.37. The number of amides is 9. The third-order valence-corrected chi connectivity index (χ3v) is 14.3. The minimum atomic E-state index is -1.19. The summed E-state index contributed by atoms with van der Waals surface area (Å²) in [6.45, 7) is 8.03. The van der Waals surface area contributed by atoms with Crippen LogP contribution in [0.5, 0.6) is 0 Å². The largest absolute Gasteiger partial charge is 0.368 e. The topological polar surface area (TPSA) is 380 Å². The summed E-state index contributed by atoms with van der Waals surface area (Å²) < 4.78 is 0. The summed E-state index contributed by atoms with van der Waals surface area (Å²) in [6, 6.07) is 26.9. The van der Waals surface area contributed by atoms with Gasteiger partial charge < -0.3 is 71.2 Å². The van der Waals surface area contributed by atoms with Crippen LogP contribution in [0.4, 0.5) is 0 Å². The van der Waals surface area contributed by atoms with Crippen LogP contribution in [0.1, 0.15) is 108 Å². The molecule has 86 heavy (non-hydrogen) atoms. The van der Waals surface area contributed by atoms with Crippen LogP contribution in [0.15, 0.2) is 121 Å². The van der Waals surface area contributed by atoms with E-state index in [1.54, 1.807) is 12.1 Å². The SMILES string of the molecule is CC(C)C[C@@H](NC(=O)[C@@H](Cc1ccccc1)NC(=O)[C@H](N)Cc1ccccc1)C(=O)N[C@H](CCCN)C(=O)NCCCCC(NC(=O)[C@@H](CCCN)NC(=O)[C@@H](CC(C)C)NC(=O)[C@@H](Cc1ccccc1)NC(=O)[C@H](N)Cc1ccccc1)C(N)=O. The van der Waals surface area contributed by atoms with Crippen LogP contribution in [0.25, 0.3) is 0 Å². The summed E-state index contributed by atoms with van der Waals surface area (Å²) in [7, 11) is 0. The number of carbonyl (C=O) groups is 9. The average Bonchev–Trinajstić information content (AvgIpc) is 3.63. The number of primary amides is 1. The molecule has 4 aromatic rings. The van der Waals surface area contributed by atoms with Gasteiger partial charge in [-0.15, -0.1) is 0 Å². The van der Waals surface area contributed by atoms with E-state index in [1.807, 2.05) is 137 Å². The molecule has 0 spiro atoms. The van der Waals surface area contributed by atoms with Gasteiger partial charge in [0.2, 0.25) is 53.2 Å². The summed E-state index contributed by atoms with van der Waals surface area (Å²) >= 11 is 0. The van der Waals surface area contributed by atoms with Gasteiger partial charge >= 0.3 is 0 Å². The fourth-order valence-corrected chi connectivity index (χ4v) is 9.64. The monoisotopic (exact) mass is 1190 g/mol. The lowest BCUT2D eigenvalue weighted by Crippen LogP contribution is -2.59. The first-order chi connectivity index (χ1) is 41.2. The molecule has 9 amide bonds. The number of hydrogen-bond acceptors (Lipinski definition) is 13. The van der Waals surface area contributed by atoms with E-state index in [2.05, 4.69) is 42.5 Å². The minimum Gasteiger partial charge on any atom is -0.368 e. The highest BCUT2D eigenvalue weighted by Crippen LogP contribution is 2.14. The lowest BCUT2D eigenvalue weighted by Gasteiger charge is -2.27. The second kappa shape index (κ2) is 38.1. The molecule has 0 aromatic heterocycles. The van der Waals surface area contributed by atoms with E-state index < -0.39 is 108 Å². The Morgan fingerprint density at radius 3 is 0.988 bits per heavy atom. The van der Waals surface area contributed by atoms with Gasteiger partial charge in [0.25, 0.3) is 0 Å². The molecule has 0 fully saturated rings. The van der Waals surface area contributed by atoms with Crippen molar-refractivity contribution in [1.29, 1.82) is 0 Å². The van der Waals surface area contributed by atoms with Gasteiger partial charge in [0.1, 0.15) is 42.3 Å². The highest BCUT2D eigenvalue weighted by Gasteiger charge is 2.34. The van der Waals surface area contributed by atoms with Crippen molar-refractivity contribution in [1.82, 2.24) is 42.5 Å². The van der Waals surface area contributed by atoms with Crippen LogP contribution in [0.2, 0.25) is 0 Å². The standard InChI is InChI=1S/C64H93N13O9/c1-41(2)35-52(76-63(85)54(39-45-25-13-7-14-26-45)74-57(79)47(67)37-43-21-9-5-10-22-43)61(83)72-50(30-19-32-65)59(81)70-34-18-17-29-49(56(69)78)71-60(82)51(31-20-33-66)73-62(84)53(36-42(3)4)77-64(86)55(40-46-27-15-8-16-28-46)75-58(80)48(68)38-44-23-11-6-12-24-44/h5-16,21-28,41-42,47-55H,17-20,29-40,65-68H2,1-4H3,(H2,69,78)(H,70,81)(H,71,82)(H,72,83)(H,73,84)(H,74,79)(H,75,80)(H,76,85)(H,77,86)/t47-,48-,49?,50-,51-,52-,53-,54-,55-/m1/s1. The van der Waals surface area contributed by atoms with Crippen LogP contribution < -0.4 is 71.2 Å². The molecule has 9 atom stereocenters. The lowest BCUT2D eigenvalue weighted by molar-refractivity contribution is -0.134. The third kappa shape index (κ3) is 26.1. The Hall–Kier alpha value is -8.05. The summed E-state index contributed by atoms with van der Waals surface area (Å²) in [5.41, 5.74) is 33.3. The molecule has 4 aromatic carbocycles. The number of benzene rings is 4. The normalized spacial score (nSPS) is 14.3. The predicted molar refractivity (Wildman–Crippen MR) is 332 cm³/mol. The van der Waals surface area contributed by atoms with Gasteiger partial charge in [0.05, 0.1) is 12.1 Å². The van der Waals surface area contributed by atoms with E-state index in [0.717, 1.165) is 22.3 Å². The minimum absolute atomic E-state index is 0.0681. The first kappa shape index (κ1) is 70.4. The number of hydrogen-bond donors (Lipinski definition) is 13. The Labute approximate surface area is 506 Å². The molecule has 0 saturated carbocycles. The average molecular weight is 1190 g/mol. The number of rotatable bonds is 39. The van der Waals surface area contributed by atoms with E-state index in [4.69, 9.17) is 28.7 Å². The van der Waals surface area contributed by atoms with Crippen molar-refractivity contribution in [3.63, 3.8) is 0 Å². The summed E-state index contributed by atoms with van der Waals surface area (Å²) in [6.07, 6.45) is 2.72. The number of unbranched alkanes of at least 4 members (excludes halogenated alkanes) is 1. The number of carbonyl (C=O) groups excluding carboxylic acids is 9. The molecule has 0 radical (unpaired) electrons. The van der Waals surface area contributed by atoms with Gasteiger partial charge in [0.15, 0.2) is 0 Å². The van der Waals surface area contributed by atoms with E-state index in [9.17, 15) is 43.2 Å². The molecule has 0 bridgehead atoms. The van der Waals surface area contributed by atoms with Crippen molar-refractivity contribution in [2.24, 2.45) is 40.5 Å². The van der Waals surface area contributed by atoms with Gasteiger partial charge in [-0.1, -0.05) is 149 Å². The third-order valence-electron chi connectivity index (χ3n) is 14.3. The maximum atomic E-state index is 14.2. The second-order valence-electron chi connectivity index (χ2n) is 22.7. The van der Waals surface area contributed by atoms with Crippen LogP contribution in [-0.2, 0) is 68.8 Å². The van der Waals surface area contributed by atoms with Crippen LogP contribution in [-0.4, -0.2) is 127 Å². The van der Waals surface area contributed by atoms with Crippen LogP contribution in [0, 0.1) is 11.8 Å². The first-order valence-electron chi connectivity index (χ1n) is 29.9. The number of nitrogens with one attached hydrogen (secondary N) is 8. The maximum Gasteiger partial charge on any atom is 0.243 e. The fraction of sp³-hybridized carbons (Fsp3) is 0.484. The zero-order chi connectivity index (χ0) is 63.0. The van der Waals surface area contributed by atoms with Crippen molar-refractivity contribution < 1.29 is 43.2 Å². The Morgan fingerprint density at radius 1 is 0.349 bits per heavy atom. The van der Waals surface area contributed by atoms with Crippen molar-refractivity contribution >= 4 is 53.2 Å². The molecule has 0 heterocycles. The van der Waals surface area contributed by atoms with Gasteiger partial charge in [-0.2, -0.15) is 0 Å². The van der Waals surface area contributed by atoms with Crippen molar-refractivity contribution in [3.8, 4) is 0 Å². The lowest BCUT2D eigenvalue weighted by atomic mass is 9.99. The molecule has 468 valence electrons. The highest BCUT2D eigenvalue weighted by atomic mass is 16.2. The van der Waals surface area contributed by atoms with Gasteiger partial charge in [-0.25, -0.2) is 0 Å². The molecule has 0 saturated heterocycles. The molecule has 4 rings (SSSR count). The van der Waals surface area contributed by atoms with E-state index >= 15 is 0 Å². The number of nitrogens with two attached hydrogens (primary N) is 5. The molecule has 0 aliphatic rings. The van der Waals surface area contributed by atoms with E-state index in [0.29, 0.717) is 25.7 Å². The second-order valence-corrected chi connectivity index (χ2v) is 22.7. The molecule has 22 nitrogen and oxygen atoms in total. The van der Waals surface area contributed by atoms with Gasteiger partial charge in [-0.3, -0.25) is 43.2 Å². The molecular weight excluding hydrogens is 1090 g/mol. The highest BCUT2D eigenvalue weighted by molar-refractivity contribution is 5.97. The van der Waals surface area contributed by atoms with Gasteiger partial charge in [0, 0.05) is 19.4 Å². The zero-order valence-electron chi connectivity index (χ0n) is 50.3. The Morgan fingerprint density at radius 2 is 0.640 bits per heavy atom. The summed E-state index contributed by atoms with van der Waals surface area (Å²) in [5.74, 6) is -5.83. The molecule has 22 heteroatoms. The van der Waals surface area contributed by atoms with Gasteiger partial charge in [-0.05, 0) is 118 Å². The maximum absolute atomic E-state index is 14.2. The van der Waals surface area contributed by atoms with Crippen LogP contribution >= 0.6 is 0 Å². The zero-order valence-corrected chi connectivity index (χ0v) is 50.3. The molecular formula is C64H93N13O9. The van der Waals surface area contributed by atoms with E-state index in [-0.39, 0.29) is 89.3 Å². The van der Waals surface area contributed by atoms with Crippen molar-refractivity contribution in [2.45, 2.75) is 166 Å². The molecule has 1 unspecified atom stereocenters. The molecule has 0 aliphatic heterocycles. The van der Waals surface area contributed by atoms with Crippen LogP contribution in [0.3, 0.4) is 0 Å². The van der Waals surface area contributed by atoms with Crippen molar-refractivity contribution in [2.75, 3.05) is 19.6 Å². The smallest absolute Gasteiger partial charge is 0.243 e. The Kier molecular flexibility index (Phi) is 31.2. The predicted octanol–water partition coefficient (Wildman–Crippen LogP) is 1.35. The quantitative estimate of drug-likeness (QED) is 0.0281. The van der Waals surface area contributed by atoms with E-state index in [1.165, 1.54) is 0 Å². The summed E-state index contributed by atoms with van der Waals surface area (Å²) in [5, 5.41) is 22.3. The fourth-order valence-electron chi connectivity index (χ4n) is 9.64. The summed E-state index contributed by atoms with van der Waals surface area (Å²) in [4.78, 5) is 124. The Bertz CT molecular complexity index is 2740. The molecule has 18 N–H and O–H groups in total. The molecule has 0 aliphatic carbocycles. The van der Waals surface area contributed by atoms with Crippen molar-refractivity contribution in [3.05, 3.63) is 144 Å².